The summed E-state index contributed by atoms with van der Waals surface area (Å²) in [5, 5.41) is 11.7. The SMILES string of the molecule is CCCCCCCCCCCCCCCCN(CCCCCCCOC(=O)C(CCCCCC)CCCCCCC)CCCN=C(NC#N)N(C)C. The molecule has 0 saturated heterocycles. The highest BCUT2D eigenvalue weighted by Crippen LogP contribution is 2.21. The number of ether oxygens (including phenoxy) is 1. The first-order chi connectivity index (χ1) is 25.5. The van der Waals surface area contributed by atoms with Gasteiger partial charge in [-0.15, -0.1) is 0 Å². The molecule has 0 fully saturated rings. The van der Waals surface area contributed by atoms with E-state index in [1.165, 1.54) is 161 Å². The van der Waals surface area contributed by atoms with Crippen LogP contribution < -0.4 is 5.32 Å². The van der Waals surface area contributed by atoms with Gasteiger partial charge in [0.2, 0.25) is 5.96 Å². The van der Waals surface area contributed by atoms with Crippen molar-refractivity contribution < 1.29 is 9.53 Å². The number of nitrogens with zero attached hydrogens (tertiary/aromatic N) is 4. The predicted octanol–water partition coefficient (Wildman–Crippen LogP) is 12.6. The summed E-state index contributed by atoms with van der Waals surface area (Å²) < 4.78 is 5.82. The zero-order chi connectivity index (χ0) is 38.2. The molecule has 1 unspecified atom stereocenters. The number of esters is 1. The van der Waals surface area contributed by atoms with Gasteiger partial charge in [0, 0.05) is 20.6 Å². The zero-order valence-electron chi connectivity index (χ0n) is 35.6. The summed E-state index contributed by atoms with van der Waals surface area (Å²) >= 11 is 0. The lowest BCUT2D eigenvalue weighted by molar-refractivity contribution is -0.149. The number of hydrogen-bond acceptors (Lipinski definition) is 5. The van der Waals surface area contributed by atoms with Crippen LogP contribution in [0.2, 0.25) is 0 Å². The molecule has 7 nitrogen and oxygen atoms in total. The van der Waals surface area contributed by atoms with Crippen LogP contribution in [0.4, 0.5) is 0 Å². The van der Waals surface area contributed by atoms with Crippen LogP contribution in [0, 0.1) is 17.4 Å². The Bertz CT molecular complexity index is 827. The van der Waals surface area contributed by atoms with Crippen molar-refractivity contribution in [2.75, 3.05) is 46.9 Å². The zero-order valence-corrected chi connectivity index (χ0v) is 35.6. The van der Waals surface area contributed by atoms with E-state index in [9.17, 15) is 4.79 Å². The molecule has 0 aromatic heterocycles. The maximum atomic E-state index is 12.9. The molecule has 0 amide bonds. The number of unbranched alkanes of at least 4 members (excludes halogenated alkanes) is 24. The number of nitriles is 1. The van der Waals surface area contributed by atoms with Crippen LogP contribution in [0.15, 0.2) is 4.99 Å². The topological polar surface area (TPSA) is 81.0 Å². The average Bonchev–Trinajstić information content (AvgIpc) is 3.14. The van der Waals surface area contributed by atoms with E-state index in [1.54, 1.807) is 0 Å². The lowest BCUT2D eigenvalue weighted by Crippen LogP contribution is -2.34. The molecule has 7 heteroatoms. The van der Waals surface area contributed by atoms with Gasteiger partial charge in [-0.05, 0) is 58.2 Å². The number of nitrogens with one attached hydrogen (secondary N) is 1. The largest absolute Gasteiger partial charge is 0.465 e. The van der Waals surface area contributed by atoms with Crippen LogP contribution in [0.3, 0.4) is 0 Å². The second-order valence-electron chi connectivity index (χ2n) is 15.8. The molecule has 0 aromatic carbocycles. The van der Waals surface area contributed by atoms with Gasteiger partial charge in [-0.2, -0.15) is 5.26 Å². The van der Waals surface area contributed by atoms with Crippen molar-refractivity contribution in [3.8, 4) is 6.19 Å². The first kappa shape index (κ1) is 50.2. The van der Waals surface area contributed by atoms with E-state index in [0.29, 0.717) is 12.6 Å². The summed E-state index contributed by atoms with van der Waals surface area (Å²) in [5.74, 6) is 0.806. The highest BCUT2D eigenvalue weighted by molar-refractivity contribution is 5.80. The molecular weight excluding hydrogens is 643 g/mol. The number of guanidine groups is 1. The Morgan fingerprint density at radius 1 is 0.577 bits per heavy atom. The van der Waals surface area contributed by atoms with Crippen LogP contribution >= 0.6 is 0 Å². The Hall–Kier alpha value is -1.81. The molecule has 0 bridgehead atoms. The molecule has 0 saturated carbocycles. The Kier molecular flexibility index (Phi) is 39.0. The summed E-state index contributed by atoms with van der Waals surface area (Å²) in [7, 11) is 3.83. The number of aliphatic imine (C=N–C) groups is 1. The van der Waals surface area contributed by atoms with E-state index in [0.717, 1.165) is 64.6 Å². The smallest absolute Gasteiger partial charge is 0.308 e. The van der Waals surface area contributed by atoms with Gasteiger partial charge >= 0.3 is 5.97 Å². The third-order valence-electron chi connectivity index (χ3n) is 10.6. The molecule has 0 aliphatic heterocycles. The van der Waals surface area contributed by atoms with Crippen LogP contribution in [0.1, 0.15) is 220 Å². The van der Waals surface area contributed by atoms with Crippen LogP contribution in [-0.2, 0) is 9.53 Å². The Morgan fingerprint density at radius 3 is 1.40 bits per heavy atom. The predicted molar refractivity (Wildman–Crippen MR) is 226 cm³/mol. The number of hydrogen-bond donors (Lipinski definition) is 1. The lowest BCUT2D eigenvalue weighted by Gasteiger charge is -2.22. The van der Waals surface area contributed by atoms with Crippen LogP contribution in [0.5, 0.6) is 0 Å². The fraction of sp³-hybridized carbons (Fsp3) is 0.933. The summed E-state index contributed by atoms with van der Waals surface area (Å²) in [6.07, 6.45) is 41.5. The van der Waals surface area contributed by atoms with E-state index in [1.807, 2.05) is 25.2 Å². The molecule has 0 rings (SSSR count). The summed E-state index contributed by atoms with van der Waals surface area (Å²) in [6.45, 7) is 11.5. The standard InChI is InChI=1S/C45H89N5O2/c1-6-9-12-15-16-17-18-19-20-21-22-23-26-31-38-50(40-34-37-47-45(48-42-46)49(4)5)39-32-27-24-28-33-41-52-44(51)43(35-29-14-11-8-3)36-30-25-13-10-7-2/h43H,6-41H2,1-5H3,(H,47,48). The Labute approximate surface area is 324 Å². The highest BCUT2D eigenvalue weighted by Gasteiger charge is 2.19. The molecule has 0 aromatic rings. The third kappa shape index (κ3) is 34.0. The van der Waals surface area contributed by atoms with Gasteiger partial charge in [-0.1, -0.05) is 181 Å². The van der Waals surface area contributed by atoms with Crippen molar-refractivity contribution in [3.63, 3.8) is 0 Å². The molecule has 0 aliphatic carbocycles. The van der Waals surface area contributed by atoms with Crippen molar-refractivity contribution >= 4 is 11.9 Å². The van der Waals surface area contributed by atoms with Crippen molar-refractivity contribution in [1.29, 1.82) is 5.26 Å². The lowest BCUT2D eigenvalue weighted by atomic mass is 9.94. The molecular formula is C45H89N5O2. The number of carbonyl (C=O) groups is 1. The van der Waals surface area contributed by atoms with Crippen molar-refractivity contribution in [3.05, 3.63) is 0 Å². The quantitative estimate of drug-likeness (QED) is 0.0169. The Morgan fingerprint density at radius 2 is 0.962 bits per heavy atom. The molecule has 0 aliphatic rings. The van der Waals surface area contributed by atoms with Gasteiger partial charge < -0.3 is 14.5 Å². The minimum absolute atomic E-state index is 0.0663. The maximum absolute atomic E-state index is 12.9. The summed E-state index contributed by atoms with van der Waals surface area (Å²) in [6, 6.07) is 0. The first-order valence-electron chi connectivity index (χ1n) is 22.8. The van der Waals surface area contributed by atoms with Crippen molar-refractivity contribution in [2.45, 2.75) is 220 Å². The van der Waals surface area contributed by atoms with Crippen molar-refractivity contribution in [2.24, 2.45) is 10.9 Å². The van der Waals surface area contributed by atoms with Crippen molar-refractivity contribution in [1.82, 2.24) is 15.1 Å². The molecule has 0 heterocycles. The fourth-order valence-electron chi connectivity index (χ4n) is 7.14. The van der Waals surface area contributed by atoms with E-state index in [4.69, 9.17) is 10.00 Å². The Balaban J connectivity index is 4.40. The van der Waals surface area contributed by atoms with Gasteiger partial charge in [0.05, 0.1) is 12.5 Å². The monoisotopic (exact) mass is 732 g/mol. The van der Waals surface area contributed by atoms with Crippen LogP contribution in [0.25, 0.3) is 0 Å². The van der Waals surface area contributed by atoms with Gasteiger partial charge in [0.15, 0.2) is 6.19 Å². The minimum Gasteiger partial charge on any atom is -0.465 e. The van der Waals surface area contributed by atoms with E-state index >= 15 is 0 Å². The molecule has 1 atom stereocenters. The average molecular weight is 732 g/mol. The number of rotatable bonds is 39. The maximum Gasteiger partial charge on any atom is 0.308 e. The fourth-order valence-corrected chi connectivity index (χ4v) is 7.14. The van der Waals surface area contributed by atoms with Gasteiger partial charge in [0.1, 0.15) is 0 Å². The summed E-state index contributed by atoms with van der Waals surface area (Å²) in [5.41, 5.74) is 0. The molecule has 1 N–H and O–H groups in total. The van der Waals surface area contributed by atoms with E-state index in [-0.39, 0.29) is 11.9 Å². The van der Waals surface area contributed by atoms with E-state index < -0.39 is 0 Å². The second kappa shape index (κ2) is 40.4. The normalized spacial score (nSPS) is 12.3. The second-order valence-corrected chi connectivity index (χ2v) is 15.8. The molecule has 52 heavy (non-hydrogen) atoms. The first-order valence-corrected chi connectivity index (χ1v) is 22.8. The van der Waals surface area contributed by atoms with Gasteiger partial charge in [-0.3, -0.25) is 15.1 Å². The highest BCUT2D eigenvalue weighted by atomic mass is 16.5. The molecule has 306 valence electrons. The van der Waals surface area contributed by atoms with E-state index in [2.05, 4.69) is 36.0 Å². The number of carbonyl (C=O) groups excluding carboxylic acids is 1. The summed E-state index contributed by atoms with van der Waals surface area (Å²) in [4.78, 5) is 22.1. The van der Waals surface area contributed by atoms with Crippen LogP contribution in [-0.4, -0.2) is 68.6 Å². The third-order valence-corrected chi connectivity index (χ3v) is 10.6. The molecule has 0 spiro atoms. The van der Waals surface area contributed by atoms with Gasteiger partial charge in [-0.25, -0.2) is 0 Å². The van der Waals surface area contributed by atoms with Gasteiger partial charge in [0.25, 0.3) is 0 Å². The molecule has 0 radical (unpaired) electrons. The minimum atomic E-state index is 0.0663.